The third-order valence-corrected chi connectivity index (χ3v) is 6.69. The molecule has 36 heavy (non-hydrogen) atoms. The van der Waals surface area contributed by atoms with Crippen molar-refractivity contribution in [2.24, 2.45) is 7.05 Å². The van der Waals surface area contributed by atoms with Gasteiger partial charge in [0.25, 0.3) is 0 Å². The van der Waals surface area contributed by atoms with Crippen LogP contribution in [0.1, 0.15) is 104 Å². The summed E-state index contributed by atoms with van der Waals surface area (Å²) < 4.78 is 13.1. The molecule has 0 aliphatic rings. The number of fused-ring (bicyclic) bond motifs is 1. The standard InChI is InChI=1S/C31H41NO4/c1-4-6-7-8-9-10-11-12-13-18-23-36-27-22-17-15-20-25(27)30(33)28-24-19-14-16-21-26(24)32(3)29(28)31(34)35-5-2/h14-17,19-22H,4-13,18,23H2,1-3H3. The Kier molecular flexibility index (Phi) is 11.1. The maximum absolute atomic E-state index is 13.8. The predicted octanol–water partition coefficient (Wildman–Crippen LogP) is 7.89. The largest absolute Gasteiger partial charge is 0.493 e. The summed E-state index contributed by atoms with van der Waals surface area (Å²) in [6.45, 7) is 4.83. The molecule has 3 aromatic rings. The summed E-state index contributed by atoms with van der Waals surface area (Å²) in [5.41, 5.74) is 1.91. The molecule has 0 unspecified atom stereocenters. The van der Waals surface area contributed by atoms with Crippen molar-refractivity contribution in [1.82, 2.24) is 4.57 Å². The number of aromatic nitrogens is 1. The molecule has 0 aliphatic heterocycles. The first-order valence-corrected chi connectivity index (χ1v) is 13.6. The van der Waals surface area contributed by atoms with Crippen LogP contribution in [-0.2, 0) is 11.8 Å². The molecule has 0 atom stereocenters. The van der Waals surface area contributed by atoms with Crippen molar-refractivity contribution in [3.8, 4) is 5.75 Å². The van der Waals surface area contributed by atoms with Gasteiger partial charge in [-0.3, -0.25) is 4.79 Å². The lowest BCUT2D eigenvalue weighted by atomic mass is 9.99. The van der Waals surface area contributed by atoms with Gasteiger partial charge in [0.2, 0.25) is 0 Å². The zero-order chi connectivity index (χ0) is 25.8. The van der Waals surface area contributed by atoms with E-state index in [-0.39, 0.29) is 18.1 Å². The lowest BCUT2D eigenvalue weighted by molar-refractivity contribution is 0.0513. The van der Waals surface area contributed by atoms with Crippen LogP contribution in [0.5, 0.6) is 5.75 Å². The maximum Gasteiger partial charge on any atom is 0.355 e. The fourth-order valence-electron chi connectivity index (χ4n) is 4.75. The third-order valence-electron chi connectivity index (χ3n) is 6.69. The van der Waals surface area contributed by atoms with Crippen molar-refractivity contribution in [2.75, 3.05) is 13.2 Å². The first-order chi connectivity index (χ1) is 17.6. The maximum atomic E-state index is 13.8. The highest BCUT2D eigenvalue weighted by atomic mass is 16.5. The normalized spacial score (nSPS) is 11.1. The fourth-order valence-corrected chi connectivity index (χ4v) is 4.75. The van der Waals surface area contributed by atoms with Gasteiger partial charge in [-0.25, -0.2) is 4.79 Å². The van der Waals surface area contributed by atoms with Gasteiger partial charge in [0.1, 0.15) is 11.4 Å². The van der Waals surface area contributed by atoms with E-state index >= 15 is 0 Å². The highest BCUT2D eigenvalue weighted by Crippen LogP contribution is 2.31. The molecule has 5 nitrogen and oxygen atoms in total. The van der Waals surface area contributed by atoms with Gasteiger partial charge in [-0.2, -0.15) is 0 Å². The fraction of sp³-hybridized carbons (Fsp3) is 0.484. The zero-order valence-corrected chi connectivity index (χ0v) is 22.2. The number of esters is 1. The molecule has 194 valence electrons. The van der Waals surface area contributed by atoms with Crippen molar-refractivity contribution >= 4 is 22.7 Å². The molecule has 0 fully saturated rings. The van der Waals surface area contributed by atoms with E-state index < -0.39 is 5.97 Å². The highest BCUT2D eigenvalue weighted by molar-refractivity contribution is 6.22. The smallest absolute Gasteiger partial charge is 0.355 e. The lowest BCUT2D eigenvalue weighted by Crippen LogP contribution is -2.15. The van der Waals surface area contributed by atoms with Crippen molar-refractivity contribution in [3.63, 3.8) is 0 Å². The Labute approximate surface area is 215 Å². The van der Waals surface area contributed by atoms with E-state index in [1.807, 2.05) is 42.5 Å². The molecule has 1 aromatic heterocycles. The minimum atomic E-state index is -0.497. The average Bonchev–Trinajstić information content (AvgIpc) is 3.19. The Bertz CT molecular complexity index is 1130. The second kappa shape index (κ2) is 14.5. The van der Waals surface area contributed by atoms with E-state index in [1.165, 1.54) is 51.4 Å². The molecule has 0 spiro atoms. The molecular weight excluding hydrogens is 450 g/mol. The summed E-state index contributed by atoms with van der Waals surface area (Å²) in [5, 5.41) is 0.734. The van der Waals surface area contributed by atoms with Crippen LogP contribution >= 0.6 is 0 Å². The Morgan fingerprint density at radius 1 is 0.778 bits per heavy atom. The summed E-state index contributed by atoms with van der Waals surface area (Å²) in [7, 11) is 1.79. The number of para-hydroxylation sites is 2. The van der Waals surface area contributed by atoms with Crippen molar-refractivity contribution in [1.29, 1.82) is 0 Å². The molecule has 0 N–H and O–H groups in total. The molecular formula is C31H41NO4. The quantitative estimate of drug-likeness (QED) is 0.116. The molecule has 5 heteroatoms. The van der Waals surface area contributed by atoms with Gasteiger partial charge in [0.05, 0.1) is 24.3 Å². The predicted molar refractivity (Wildman–Crippen MR) is 146 cm³/mol. The second-order valence-corrected chi connectivity index (χ2v) is 9.38. The van der Waals surface area contributed by atoms with E-state index in [9.17, 15) is 9.59 Å². The topological polar surface area (TPSA) is 57.5 Å². The van der Waals surface area contributed by atoms with E-state index in [0.29, 0.717) is 23.5 Å². The molecule has 1 heterocycles. The monoisotopic (exact) mass is 491 g/mol. The van der Waals surface area contributed by atoms with E-state index in [1.54, 1.807) is 24.6 Å². The van der Waals surface area contributed by atoms with Crippen LogP contribution in [0.15, 0.2) is 48.5 Å². The molecule has 3 rings (SSSR count). The van der Waals surface area contributed by atoms with Crippen molar-refractivity contribution < 1.29 is 19.1 Å². The average molecular weight is 492 g/mol. The van der Waals surface area contributed by atoms with Crippen LogP contribution in [-0.4, -0.2) is 29.5 Å². The number of benzene rings is 2. The van der Waals surface area contributed by atoms with Crippen LogP contribution in [0.25, 0.3) is 10.9 Å². The van der Waals surface area contributed by atoms with Crippen LogP contribution in [0.4, 0.5) is 0 Å². The molecule has 0 radical (unpaired) electrons. The summed E-state index contributed by atoms with van der Waals surface area (Å²) in [4.78, 5) is 26.7. The number of ether oxygens (including phenoxy) is 2. The lowest BCUT2D eigenvalue weighted by Gasteiger charge is -2.12. The van der Waals surface area contributed by atoms with Gasteiger partial charge >= 0.3 is 5.97 Å². The van der Waals surface area contributed by atoms with Gasteiger partial charge in [-0.1, -0.05) is 95.0 Å². The Balaban J connectivity index is 1.65. The van der Waals surface area contributed by atoms with Crippen molar-refractivity contribution in [2.45, 2.75) is 78.1 Å². The first kappa shape index (κ1) is 27.5. The number of nitrogens with zero attached hydrogens (tertiary/aromatic N) is 1. The van der Waals surface area contributed by atoms with Crippen LogP contribution in [0.3, 0.4) is 0 Å². The van der Waals surface area contributed by atoms with Gasteiger partial charge in [-0.15, -0.1) is 0 Å². The number of ketones is 1. The van der Waals surface area contributed by atoms with E-state index in [4.69, 9.17) is 9.47 Å². The third kappa shape index (κ3) is 6.99. The number of aryl methyl sites for hydroxylation is 1. The van der Waals surface area contributed by atoms with Crippen LogP contribution in [0.2, 0.25) is 0 Å². The van der Waals surface area contributed by atoms with Gasteiger partial charge < -0.3 is 14.0 Å². The SMILES string of the molecule is CCCCCCCCCCCCOc1ccccc1C(=O)c1c(C(=O)OCC)n(C)c2ccccc12. The highest BCUT2D eigenvalue weighted by Gasteiger charge is 2.28. The Hall–Kier alpha value is -3.08. The van der Waals surface area contributed by atoms with Gasteiger partial charge in [-0.05, 0) is 31.5 Å². The molecule has 2 aromatic carbocycles. The summed E-state index contributed by atoms with van der Waals surface area (Å²) in [6, 6.07) is 14.9. The number of rotatable bonds is 16. The molecule has 0 bridgehead atoms. The van der Waals surface area contributed by atoms with E-state index in [0.717, 1.165) is 23.7 Å². The summed E-state index contributed by atoms with van der Waals surface area (Å²) in [6.07, 6.45) is 12.6. The number of hydrogen-bond acceptors (Lipinski definition) is 4. The number of carbonyl (C=O) groups excluding carboxylic acids is 2. The number of hydrogen-bond donors (Lipinski definition) is 0. The summed E-state index contributed by atoms with van der Waals surface area (Å²) >= 11 is 0. The van der Waals surface area contributed by atoms with Crippen LogP contribution < -0.4 is 4.74 Å². The second-order valence-electron chi connectivity index (χ2n) is 9.38. The minimum Gasteiger partial charge on any atom is -0.493 e. The van der Waals surface area contributed by atoms with Crippen LogP contribution in [0, 0.1) is 0 Å². The first-order valence-electron chi connectivity index (χ1n) is 13.6. The number of unbranched alkanes of at least 4 members (excludes halogenated alkanes) is 9. The zero-order valence-electron chi connectivity index (χ0n) is 22.2. The molecule has 0 amide bonds. The van der Waals surface area contributed by atoms with Gasteiger partial charge in [0.15, 0.2) is 5.78 Å². The molecule has 0 saturated carbocycles. The van der Waals surface area contributed by atoms with E-state index in [2.05, 4.69) is 6.92 Å². The molecule has 0 saturated heterocycles. The molecule has 0 aliphatic carbocycles. The van der Waals surface area contributed by atoms with Crippen molar-refractivity contribution in [3.05, 3.63) is 65.4 Å². The minimum absolute atomic E-state index is 0.228. The number of carbonyl (C=O) groups is 2. The summed E-state index contributed by atoms with van der Waals surface area (Å²) in [5.74, 6) is -0.169. The van der Waals surface area contributed by atoms with Gasteiger partial charge in [0, 0.05) is 18.0 Å². The Morgan fingerprint density at radius 3 is 2.08 bits per heavy atom. The Morgan fingerprint density at radius 2 is 1.39 bits per heavy atom.